The lowest BCUT2D eigenvalue weighted by atomic mass is 9.62. The Hall–Kier alpha value is -1.37. The van der Waals surface area contributed by atoms with Gasteiger partial charge in [0.1, 0.15) is 0 Å². The molecule has 102 valence electrons. The second-order valence-corrected chi connectivity index (χ2v) is 5.51. The highest BCUT2D eigenvalue weighted by atomic mass is 16.5. The van der Waals surface area contributed by atoms with E-state index in [9.17, 15) is 5.26 Å². The van der Waals surface area contributed by atoms with Gasteiger partial charge in [-0.3, -0.25) is 0 Å². The Morgan fingerprint density at radius 2 is 2.11 bits per heavy atom. The Kier molecular flexibility index (Phi) is 4.57. The summed E-state index contributed by atoms with van der Waals surface area (Å²) in [6.45, 7) is 2.96. The zero-order chi connectivity index (χ0) is 13.7. The summed E-state index contributed by atoms with van der Waals surface area (Å²) in [5.41, 5.74) is 0.875. The Labute approximate surface area is 115 Å². The van der Waals surface area contributed by atoms with Crippen molar-refractivity contribution in [1.29, 1.82) is 5.26 Å². The lowest BCUT2D eigenvalue weighted by Gasteiger charge is -2.44. The second kappa shape index (κ2) is 6.18. The van der Waals surface area contributed by atoms with Gasteiger partial charge in [-0.1, -0.05) is 30.3 Å². The first kappa shape index (κ1) is 14.0. The van der Waals surface area contributed by atoms with Crippen molar-refractivity contribution in [3.63, 3.8) is 0 Å². The van der Waals surface area contributed by atoms with Crippen LogP contribution in [0.25, 0.3) is 0 Å². The molecular formula is C16H22N2O. The van der Waals surface area contributed by atoms with Crippen LogP contribution in [0.15, 0.2) is 30.3 Å². The molecule has 19 heavy (non-hydrogen) atoms. The van der Waals surface area contributed by atoms with E-state index in [0.29, 0.717) is 12.1 Å². The Morgan fingerprint density at radius 3 is 2.68 bits per heavy atom. The van der Waals surface area contributed by atoms with E-state index in [2.05, 4.69) is 30.4 Å². The molecular weight excluding hydrogens is 236 g/mol. The van der Waals surface area contributed by atoms with Gasteiger partial charge in [0.25, 0.3) is 0 Å². The van der Waals surface area contributed by atoms with Gasteiger partial charge in [-0.2, -0.15) is 5.26 Å². The topological polar surface area (TPSA) is 45.0 Å². The predicted molar refractivity (Wildman–Crippen MR) is 75.8 cm³/mol. The minimum absolute atomic E-state index is 0.278. The number of nitrogens with zero attached hydrogens (tertiary/aromatic N) is 1. The smallest absolute Gasteiger partial charge is 0.0852 e. The molecule has 0 heterocycles. The van der Waals surface area contributed by atoms with Crippen LogP contribution in [0.3, 0.4) is 0 Å². The molecule has 2 rings (SSSR count). The van der Waals surface area contributed by atoms with Crippen molar-refractivity contribution in [1.82, 2.24) is 5.32 Å². The van der Waals surface area contributed by atoms with Crippen LogP contribution >= 0.6 is 0 Å². The summed E-state index contributed by atoms with van der Waals surface area (Å²) in [6.07, 6.45) is 2.83. The number of methoxy groups -OCH3 is 1. The molecule has 0 spiro atoms. The lowest BCUT2D eigenvalue weighted by Crippen LogP contribution is -2.53. The molecule has 0 saturated heterocycles. The van der Waals surface area contributed by atoms with Gasteiger partial charge in [0.2, 0.25) is 0 Å². The fraction of sp³-hybridized carbons (Fsp3) is 0.562. The van der Waals surface area contributed by atoms with Gasteiger partial charge in [0.15, 0.2) is 0 Å². The molecule has 0 aliphatic heterocycles. The molecule has 1 N–H and O–H groups in total. The van der Waals surface area contributed by atoms with Crippen molar-refractivity contribution in [2.75, 3.05) is 13.7 Å². The van der Waals surface area contributed by atoms with E-state index < -0.39 is 0 Å². The largest absolute Gasteiger partial charge is 0.385 e. The molecule has 1 unspecified atom stereocenters. The number of nitriles is 1. The van der Waals surface area contributed by atoms with Gasteiger partial charge in [0, 0.05) is 25.8 Å². The predicted octanol–water partition coefficient (Wildman–Crippen LogP) is 2.62. The van der Waals surface area contributed by atoms with Gasteiger partial charge in [-0.05, 0) is 31.7 Å². The molecule has 1 aliphatic carbocycles. The molecule has 0 aromatic heterocycles. The fourth-order valence-corrected chi connectivity index (χ4v) is 2.83. The first-order valence-corrected chi connectivity index (χ1v) is 6.92. The normalized spacial score (nSPS) is 27.3. The maximum atomic E-state index is 9.49. The third-order valence-electron chi connectivity index (χ3n) is 4.01. The number of hydrogen-bond donors (Lipinski definition) is 1. The average molecular weight is 258 g/mol. The van der Waals surface area contributed by atoms with Crippen LogP contribution in [0.5, 0.6) is 0 Å². The zero-order valence-corrected chi connectivity index (χ0v) is 11.7. The quantitative estimate of drug-likeness (QED) is 0.853. The van der Waals surface area contributed by atoms with Crippen molar-refractivity contribution >= 4 is 0 Å². The first-order chi connectivity index (χ1) is 9.20. The van der Waals surface area contributed by atoms with Gasteiger partial charge in [-0.25, -0.2) is 0 Å². The number of rotatable bonds is 6. The molecule has 0 radical (unpaired) electrons. The third kappa shape index (κ3) is 3.15. The highest BCUT2D eigenvalue weighted by molar-refractivity contribution is 5.36. The molecule has 0 bridgehead atoms. The van der Waals surface area contributed by atoms with Crippen LogP contribution in [0.4, 0.5) is 0 Å². The third-order valence-corrected chi connectivity index (χ3v) is 4.01. The van der Waals surface area contributed by atoms with Gasteiger partial charge in [0.05, 0.1) is 11.5 Å². The van der Waals surface area contributed by atoms with Gasteiger partial charge >= 0.3 is 0 Å². The van der Waals surface area contributed by atoms with E-state index >= 15 is 0 Å². The van der Waals surface area contributed by atoms with E-state index in [1.165, 1.54) is 0 Å². The lowest BCUT2D eigenvalue weighted by molar-refractivity contribution is 0.165. The second-order valence-electron chi connectivity index (χ2n) is 5.51. The Bertz CT molecular complexity index is 432. The number of nitrogens with one attached hydrogen (secondary N) is 1. The van der Waals surface area contributed by atoms with E-state index in [-0.39, 0.29) is 5.41 Å². The van der Waals surface area contributed by atoms with Crippen molar-refractivity contribution in [2.24, 2.45) is 0 Å². The van der Waals surface area contributed by atoms with Crippen LogP contribution in [0.1, 0.15) is 31.7 Å². The minimum atomic E-state index is -0.278. The molecule has 1 atom stereocenters. The van der Waals surface area contributed by atoms with Crippen LogP contribution in [-0.2, 0) is 10.2 Å². The summed E-state index contributed by atoms with van der Waals surface area (Å²) >= 11 is 0. The van der Waals surface area contributed by atoms with Gasteiger partial charge < -0.3 is 10.1 Å². The molecule has 1 aliphatic rings. The van der Waals surface area contributed by atoms with Crippen LogP contribution in [-0.4, -0.2) is 25.8 Å². The number of benzene rings is 1. The van der Waals surface area contributed by atoms with E-state index in [4.69, 9.17) is 4.74 Å². The van der Waals surface area contributed by atoms with Crippen molar-refractivity contribution in [3.05, 3.63) is 35.9 Å². The highest BCUT2D eigenvalue weighted by Gasteiger charge is 2.46. The maximum Gasteiger partial charge on any atom is 0.0852 e. The minimum Gasteiger partial charge on any atom is -0.385 e. The fourth-order valence-electron chi connectivity index (χ4n) is 2.83. The van der Waals surface area contributed by atoms with Crippen molar-refractivity contribution in [3.8, 4) is 6.07 Å². The molecule has 3 heteroatoms. The highest BCUT2D eigenvalue weighted by Crippen LogP contribution is 2.43. The Balaban J connectivity index is 1.88. The SMILES string of the molecule is COCCC(C)NC1CC(C#N)(c2ccccc2)C1. The summed E-state index contributed by atoms with van der Waals surface area (Å²) in [5.74, 6) is 0. The average Bonchev–Trinajstić information content (AvgIpc) is 2.41. The van der Waals surface area contributed by atoms with E-state index in [1.54, 1.807) is 7.11 Å². The molecule has 0 amide bonds. The number of hydrogen-bond acceptors (Lipinski definition) is 3. The number of ether oxygens (including phenoxy) is 1. The zero-order valence-electron chi connectivity index (χ0n) is 11.7. The van der Waals surface area contributed by atoms with E-state index in [0.717, 1.165) is 31.4 Å². The molecule has 1 aromatic rings. The first-order valence-electron chi connectivity index (χ1n) is 6.92. The van der Waals surface area contributed by atoms with E-state index in [1.807, 2.05) is 18.2 Å². The Morgan fingerprint density at radius 1 is 1.42 bits per heavy atom. The van der Waals surface area contributed by atoms with Crippen LogP contribution < -0.4 is 5.32 Å². The molecule has 3 nitrogen and oxygen atoms in total. The monoisotopic (exact) mass is 258 g/mol. The summed E-state index contributed by atoms with van der Waals surface area (Å²) in [5, 5.41) is 13.1. The molecule has 1 saturated carbocycles. The molecule has 1 fully saturated rings. The van der Waals surface area contributed by atoms with Gasteiger partial charge in [-0.15, -0.1) is 0 Å². The van der Waals surface area contributed by atoms with Crippen LogP contribution in [0, 0.1) is 11.3 Å². The van der Waals surface area contributed by atoms with Crippen molar-refractivity contribution < 1.29 is 4.74 Å². The summed E-state index contributed by atoms with van der Waals surface area (Å²) in [6, 6.07) is 13.5. The maximum absolute atomic E-state index is 9.49. The standard InChI is InChI=1S/C16H22N2O/c1-13(8-9-19-2)18-15-10-16(11-15,12-17)14-6-4-3-5-7-14/h3-7,13,15,18H,8-11H2,1-2H3. The summed E-state index contributed by atoms with van der Waals surface area (Å²) in [7, 11) is 1.73. The summed E-state index contributed by atoms with van der Waals surface area (Å²) in [4.78, 5) is 0. The van der Waals surface area contributed by atoms with Crippen molar-refractivity contribution in [2.45, 2.75) is 43.7 Å². The van der Waals surface area contributed by atoms with Crippen LogP contribution in [0.2, 0.25) is 0 Å². The molecule has 1 aromatic carbocycles. The summed E-state index contributed by atoms with van der Waals surface area (Å²) < 4.78 is 5.08.